The number of benzene rings is 2. The molecule has 1 saturated heterocycles. The van der Waals surface area contributed by atoms with E-state index in [4.69, 9.17) is 4.74 Å². The minimum Gasteiger partial charge on any atom is -0.469 e. The maximum absolute atomic E-state index is 13.2. The van der Waals surface area contributed by atoms with Crippen LogP contribution in [0.3, 0.4) is 0 Å². The zero-order valence-corrected chi connectivity index (χ0v) is 22.0. The average molecular weight is 544 g/mol. The molecule has 0 radical (unpaired) electrons. The van der Waals surface area contributed by atoms with E-state index in [0.29, 0.717) is 31.6 Å². The summed E-state index contributed by atoms with van der Waals surface area (Å²) in [5, 5.41) is 0. The van der Waals surface area contributed by atoms with Gasteiger partial charge in [-0.05, 0) is 85.0 Å². The van der Waals surface area contributed by atoms with Crippen LogP contribution in [0.2, 0.25) is 0 Å². The first-order valence-electron chi connectivity index (χ1n) is 13.0. The van der Waals surface area contributed by atoms with Crippen molar-refractivity contribution in [3.8, 4) is 11.1 Å². The molecule has 38 heavy (non-hydrogen) atoms. The molecule has 9 heteroatoms. The molecule has 210 valence electrons. The lowest BCUT2D eigenvalue weighted by Gasteiger charge is -2.34. The van der Waals surface area contributed by atoms with Crippen molar-refractivity contribution in [3.05, 3.63) is 59.2 Å². The molecule has 0 amide bonds. The van der Waals surface area contributed by atoms with Gasteiger partial charge in [0.1, 0.15) is 0 Å². The summed E-state index contributed by atoms with van der Waals surface area (Å²) in [5.74, 6) is -0.689. The van der Waals surface area contributed by atoms with Crippen LogP contribution in [0.25, 0.3) is 11.1 Å². The second-order valence-corrected chi connectivity index (χ2v) is 10.5. The Balaban J connectivity index is 1.98. The van der Waals surface area contributed by atoms with Crippen molar-refractivity contribution in [1.29, 1.82) is 0 Å². The number of methoxy groups -OCH3 is 1. The molecule has 0 spiro atoms. The fourth-order valence-corrected chi connectivity index (χ4v) is 5.23. The first-order valence-corrected chi connectivity index (χ1v) is 13.0. The van der Waals surface area contributed by atoms with Crippen molar-refractivity contribution >= 4 is 5.97 Å². The zero-order chi connectivity index (χ0) is 28.1. The minimum absolute atomic E-state index is 0.00246. The van der Waals surface area contributed by atoms with Gasteiger partial charge in [0.05, 0.1) is 18.6 Å². The van der Waals surface area contributed by atoms with Gasteiger partial charge in [0.25, 0.3) is 0 Å². The Morgan fingerprint density at radius 3 is 2.32 bits per heavy atom. The number of alkyl halides is 6. The van der Waals surface area contributed by atoms with Crippen LogP contribution in [0.4, 0.5) is 26.3 Å². The average Bonchev–Trinajstić information content (AvgIpc) is 2.85. The zero-order valence-electron chi connectivity index (χ0n) is 22.0. The highest BCUT2D eigenvalue weighted by atomic mass is 19.4. The van der Waals surface area contributed by atoms with Gasteiger partial charge in [0.2, 0.25) is 0 Å². The van der Waals surface area contributed by atoms with Crippen molar-refractivity contribution in [2.75, 3.05) is 26.7 Å². The van der Waals surface area contributed by atoms with Crippen molar-refractivity contribution in [2.24, 2.45) is 5.92 Å². The number of esters is 1. The lowest BCUT2D eigenvalue weighted by atomic mass is 9.81. The molecule has 0 bridgehead atoms. The fraction of sp³-hybridized carbons (Fsp3) is 0.552. The van der Waals surface area contributed by atoms with Crippen molar-refractivity contribution < 1.29 is 35.9 Å². The van der Waals surface area contributed by atoms with E-state index in [1.165, 1.54) is 19.2 Å². The van der Waals surface area contributed by atoms with Crippen LogP contribution in [0.15, 0.2) is 42.5 Å². The topological polar surface area (TPSA) is 29.5 Å². The largest absolute Gasteiger partial charge is 0.469 e. The Morgan fingerprint density at radius 2 is 1.74 bits per heavy atom. The lowest BCUT2D eigenvalue weighted by Crippen LogP contribution is -2.35. The van der Waals surface area contributed by atoms with Crippen LogP contribution in [0.1, 0.15) is 74.5 Å². The van der Waals surface area contributed by atoms with Gasteiger partial charge in [-0.2, -0.15) is 26.3 Å². The summed E-state index contributed by atoms with van der Waals surface area (Å²) in [7, 11) is 1.33. The second kappa shape index (κ2) is 12.5. The number of hydrogen-bond acceptors (Lipinski definition) is 3. The number of hydrogen-bond donors (Lipinski definition) is 0. The molecule has 2 aromatic carbocycles. The Labute approximate surface area is 220 Å². The third-order valence-electron chi connectivity index (χ3n) is 7.08. The second-order valence-electron chi connectivity index (χ2n) is 10.5. The van der Waals surface area contributed by atoms with Gasteiger partial charge in [0, 0.05) is 13.0 Å². The summed E-state index contributed by atoms with van der Waals surface area (Å²) in [6, 6.07) is 10.6. The quantitative estimate of drug-likeness (QED) is 0.236. The van der Waals surface area contributed by atoms with E-state index in [0.717, 1.165) is 41.7 Å². The smallest absolute Gasteiger partial charge is 0.416 e. The molecule has 2 atom stereocenters. The normalized spacial score (nSPS) is 18.0. The van der Waals surface area contributed by atoms with E-state index in [1.807, 2.05) is 36.9 Å². The highest BCUT2D eigenvalue weighted by Gasteiger charge is 2.31. The van der Waals surface area contributed by atoms with E-state index in [-0.39, 0.29) is 24.2 Å². The molecule has 0 saturated carbocycles. The van der Waals surface area contributed by atoms with Crippen LogP contribution in [0, 0.1) is 5.92 Å². The monoisotopic (exact) mass is 543 g/mol. The highest BCUT2D eigenvalue weighted by Crippen LogP contribution is 2.39. The van der Waals surface area contributed by atoms with Gasteiger partial charge in [-0.1, -0.05) is 44.2 Å². The number of carbonyl (C=O) groups is 1. The molecule has 1 aliphatic heterocycles. The van der Waals surface area contributed by atoms with Crippen LogP contribution in [-0.4, -0.2) is 43.8 Å². The van der Waals surface area contributed by atoms with E-state index in [2.05, 4.69) is 0 Å². The SMILES string of the molecule is COC(=O)C(CC(C)C)c1ccc(C2CCCN(CCCC(F)(F)F)C2)c(-c2ccc(C(F)(F)F)cc2)c1. The van der Waals surface area contributed by atoms with Crippen LogP contribution in [0.5, 0.6) is 0 Å². The van der Waals surface area contributed by atoms with Gasteiger partial charge in [0.15, 0.2) is 0 Å². The van der Waals surface area contributed by atoms with Gasteiger partial charge >= 0.3 is 18.3 Å². The third-order valence-corrected chi connectivity index (χ3v) is 7.08. The summed E-state index contributed by atoms with van der Waals surface area (Å²) in [4.78, 5) is 14.6. The molecule has 3 nitrogen and oxygen atoms in total. The first kappa shape index (κ1) is 30.0. The van der Waals surface area contributed by atoms with E-state index < -0.39 is 30.3 Å². The molecule has 0 aromatic heterocycles. The molecule has 1 heterocycles. The number of halogens is 6. The predicted octanol–water partition coefficient (Wildman–Crippen LogP) is 8.20. The van der Waals surface area contributed by atoms with Crippen LogP contribution < -0.4 is 0 Å². The molecule has 1 aliphatic rings. The highest BCUT2D eigenvalue weighted by molar-refractivity contribution is 5.79. The summed E-state index contributed by atoms with van der Waals surface area (Å²) in [6.07, 6.45) is -7.28. The number of carbonyl (C=O) groups excluding carboxylic acids is 1. The molecule has 2 unspecified atom stereocenters. The predicted molar refractivity (Wildman–Crippen MR) is 135 cm³/mol. The number of ether oxygens (including phenoxy) is 1. The summed E-state index contributed by atoms with van der Waals surface area (Å²) in [6.45, 7) is 5.60. The molecule has 1 fully saturated rings. The van der Waals surface area contributed by atoms with E-state index >= 15 is 0 Å². The van der Waals surface area contributed by atoms with Gasteiger partial charge in [-0.3, -0.25) is 4.79 Å². The maximum atomic E-state index is 13.2. The maximum Gasteiger partial charge on any atom is 0.416 e. The summed E-state index contributed by atoms with van der Waals surface area (Å²) in [5.41, 5.74) is 2.22. The van der Waals surface area contributed by atoms with Crippen molar-refractivity contribution in [1.82, 2.24) is 4.90 Å². The van der Waals surface area contributed by atoms with Crippen molar-refractivity contribution in [3.63, 3.8) is 0 Å². The van der Waals surface area contributed by atoms with Gasteiger partial charge in [-0.25, -0.2) is 0 Å². The standard InChI is InChI=1S/C29H35F6NO2/c1-19(2)16-26(27(37)38-3)21-9-12-24(22-6-4-14-36(18-22)15-5-13-28(30,31)32)25(17-21)20-7-10-23(11-8-20)29(33,34)35/h7-12,17,19,22,26H,4-6,13-16,18H2,1-3H3. The molecular formula is C29H35F6NO2. The number of likely N-dealkylation sites (tertiary alicyclic amines) is 1. The summed E-state index contributed by atoms with van der Waals surface area (Å²) >= 11 is 0. The van der Waals surface area contributed by atoms with E-state index in [1.54, 1.807) is 0 Å². The minimum atomic E-state index is -4.46. The molecular weight excluding hydrogens is 508 g/mol. The first-order chi connectivity index (χ1) is 17.8. The third kappa shape index (κ3) is 8.22. The molecule has 2 aromatic rings. The molecule has 0 N–H and O–H groups in total. The number of rotatable bonds is 9. The Hall–Kier alpha value is -2.55. The Kier molecular flexibility index (Phi) is 9.90. The number of nitrogens with zero attached hydrogens (tertiary/aromatic N) is 1. The summed E-state index contributed by atoms with van der Waals surface area (Å²) < 4.78 is 82.6. The molecule has 3 rings (SSSR count). The molecule has 0 aliphatic carbocycles. The van der Waals surface area contributed by atoms with Crippen LogP contribution >= 0.6 is 0 Å². The van der Waals surface area contributed by atoms with E-state index in [9.17, 15) is 31.1 Å². The van der Waals surface area contributed by atoms with Gasteiger partial charge < -0.3 is 9.64 Å². The number of piperidine rings is 1. The van der Waals surface area contributed by atoms with Gasteiger partial charge in [-0.15, -0.1) is 0 Å². The van der Waals surface area contributed by atoms with Crippen LogP contribution in [-0.2, 0) is 15.7 Å². The Bertz CT molecular complexity index is 1060. The Morgan fingerprint density at radius 1 is 1.05 bits per heavy atom. The lowest BCUT2D eigenvalue weighted by molar-refractivity contribution is -0.143. The fourth-order valence-electron chi connectivity index (χ4n) is 5.23. The van der Waals surface area contributed by atoms with Crippen molar-refractivity contribution in [2.45, 2.75) is 70.1 Å².